The Morgan fingerprint density at radius 2 is 2.27 bits per heavy atom. The molecule has 0 amide bonds. The van der Waals surface area contributed by atoms with Gasteiger partial charge < -0.3 is 15.6 Å². The first-order valence-corrected chi connectivity index (χ1v) is 3.27. The number of esters is 1. The Labute approximate surface area is 63.1 Å². The summed E-state index contributed by atoms with van der Waals surface area (Å²) < 4.78 is 4.64. The molecule has 5 heteroatoms. The molecule has 0 bridgehead atoms. The smallest absolute Gasteiger partial charge is 0.319 e. The SMILES string of the molecule is NCC(=O)O[C@H]1C[C@H]1C(=O)O. The normalized spacial score (nSPS) is 27.7. The molecule has 1 rings (SSSR count). The standard InChI is InChI=1S/C6H9NO4/c7-2-5(8)11-4-1-3(4)6(9)10/h3-4H,1-2,7H2,(H,9,10)/t3-,4+/m1/s1. The van der Waals surface area contributed by atoms with Crippen molar-refractivity contribution in [2.75, 3.05) is 6.54 Å². The second kappa shape index (κ2) is 2.87. The van der Waals surface area contributed by atoms with Crippen LogP contribution >= 0.6 is 0 Å². The van der Waals surface area contributed by atoms with Crippen molar-refractivity contribution in [3.05, 3.63) is 0 Å². The molecule has 0 aromatic carbocycles. The molecule has 1 fully saturated rings. The first kappa shape index (κ1) is 8.00. The number of carboxylic acids is 1. The van der Waals surface area contributed by atoms with Gasteiger partial charge in [0.25, 0.3) is 0 Å². The second-order valence-corrected chi connectivity index (χ2v) is 2.41. The monoisotopic (exact) mass is 159 g/mol. The lowest BCUT2D eigenvalue weighted by atomic mass is 10.4. The van der Waals surface area contributed by atoms with Gasteiger partial charge in [-0.2, -0.15) is 0 Å². The van der Waals surface area contributed by atoms with Crippen molar-refractivity contribution < 1.29 is 19.4 Å². The van der Waals surface area contributed by atoms with Crippen LogP contribution in [0.4, 0.5) is 0 Å². The molecule has 0 radical (unpaired) electrons. The van der Waals surface area contributed by atoms with E-state index in [9.17, 15) is 9.59 Å². The van der Waals surface area contributed by atoms with Gasteiger partial charge in [-0.05, 0) is 0 Å². The Morgan fingerprint density at radius 3 is 2.64 bits per heavy atom. The summed E-state index contributed by atoms with van der Waals surface area (Å²) in [4.78, 5) is 20.7. The maximum absolute atomic E-state index is 10.5. The topological polar surface area (TPSA) is 89.6 Å². The molecule has 0 aliphatic heterocycles. The van der Waals surface area contributed by atoms with Crippen LogP contribution in [-0.4, -0.2) is 29.7 Å². The van der Waals surface area contributed by atoms with Crippen LogP contribution in [-0.2, 0) is 14.3 Å². The van der Waals surface area contributed by atoms with Crippen molar-refractivity contribution in [3.8, 4) is 0 Å². The molecule has 0 heterocycles. The van der Waals surface area contributed by atoms with Gasteiger partial charge in [0.05, 0.1) is 12.5 Å². The molecule has 2 atom stereocenters. The van der Waals surface area contributed by atoms with E-state index in [-0.39, 0.29) is 6.54 Å². The zero-order chi connectivity index (χ0) is 8.43. The van der Waals surface area contributed by atoms with E-state index in [4.69, 9.17) is 10.8 Å². The summed E-state index contributed by atoms with van der Waals surface area (Å²) in [5, 5.41) is 8.39. The van der Waals surface area contributed by atoms with Crippen LogP contribution in [0.1, 0.15) is 6.42 Å². The summed E-state index contributed by atoms with van der Waals surface area (Å²) in [7, 11) is 0. The maximum atomic E-state index is 10.5. The Balaban J connectivity index is 2.23. The molecule has 62 valence electrons. The lowest BCUT2D eigenvalue weighted by Gasteiger charge is -1.98. The van der Waals surface area contributed by atoms with Crippen molar-refractivity contribution in [1.82, 2.24) is 0 Å². The first-order valence-electron chi connectivity index (χ1n) is 3.27. The second-order valence-electron chi connectivity index (χ2n) is 2.41. The molecule has 0 aromatic rings. The van der Waals surface area contributed by atoms with E-state index < -0.39 is 24.0 Å². The number of nitrogens with two attached hydrogens (primary N) is 1. The number of hydrogen-bond acceptors (Lipinski definition) is 4. The van der Waals surface area contributed by atoms with Crippen molar-refractivity contribution >= 4 is 11.9 Å². The molecule has 11 heavy (non-hydrogen) atoms. The van der Waals surface area contributed by atoms with Gasteiger partial charge in [0, 0.05) is 6.42 Å². The van der Waals surface area contributed by atoms with E-state index >= 15 is 0 Å². The minimum atomic E-state index is -0.917. The molecule has 5 nitrogen and oxygen atoms in total. The fourth-order valence-corrected chi connectivity index (χ4v) is 0.779. The molecule has 0 saturated heterocycles. The lowest BCUT2D eigenvalue weighted by Crippen LogP contribution is -2.19. The number of hydrogen-bond donors (Lipinski definition) is 2. The molecule has 0 aromatic heterocycles. The average Bonchev–Trinajstić information content (AvgIpc) is 2.67. The highest BCUT2D eigenvalue weighted by Crippen LogP contribution is 2.33. The minimum Gasteiger partial charge on any atom is -0.481 e. The third-order valence-corrected chi connectivity index (χ3v) is 1.50. The third kappa shape index (κ3) is 1.91. The molecule has 3 N–H and O–H groups in total. The fourth-order valence-electron chi connectivity index (χ4n) is 0.779. The van der Waals surface area contributed by atoms with Gasteiger partial charge in [-0.1, -0.05) is 0 Å². The van der Waals surface area contributed by atoms with E-state index in [0.717, 1.165) is 0 Å². The average molecular weight is 159 g/mol. The Bertz CT molecular complexity index is 191. The van der Waals surface area contributed by atoms with E-state index in [1.54, 1.807) is 0 Å². The maximum Gasteiger partial charge on any atom is 0.319 e. The fraction of sp³-hybridized carbons (Fsp3) is 0.667. The zero-order valence-corrected chi connectivity index (χ0v) is 5.82. The minimum absolute atomic E-state index is 0.192. The van der Waals surface area contributed by atoms with Crippen molar-refractivity contribution in [2.24, 2.45) is 11.7 Å². The van der Waals surface area contributed by atoms with Gasteiger partial charge in [0.15, 0.2) is 0 Å². The molecule has 1 aliphatic rings. The summed E-state index contributed by atoms with van der Waals surface area (Å²) in [6, 6.07) is 0. The number of carbonyl (C=O) groups is 2. The number of ether oxygens (including phenoxy) is 1. The number of rotatable bonds is 3. The van der Waals surface area contributed by atoms with Gasteiger partial charge in [-0.15, -0.1) is 0 Å². The first-order chi connectivity index (χ1) is 5.15. The van der Waals surface area contributed by atoms with Crippen molar-refractivity contribution in [2.45, 2.75) is 12.5 Å². The molecule has 0 unspecified atom stereocenters. The molecular weight excluding hydrogens is 150 g/mol. The van der Waals surface area contributed by atoms with E-state index in [1.807, 2.05) is 0 Å². The molecule has 0 spiro atoms. The van der Waals surface area contributed by atoms with E-state index in [2.05, 4.69) is 4.74 Å². The number of aliphatic carboxylic acids is 1. The van der Waals surface area contributed by atoms with Crippen LogP contribution in [0.25, 0.3) is 0 Å². The molecule has 1 aliphatic carbocycles. The highest BCUT2D eigenvalue weighted by molar-refractivity contribution is 5.76. The van der Waals surface area contributed by atoms with Crippen LogP contribution in [0, 0.1) is 5.92 Å². The Morgan fingerprint density at radius 1 is 1.64 bits per heavy atom. The van der Waals surface area contributed by atoms with Crippen LogP contribution in [0.3, 0.4) is 0 Å². The van der Waals surface area contributed by atoms with E-state index in [1.165, 1.54) is 0 Å². The van der Waals surface area contributed by atoms with Gasteiger partial charge >= 0.3 is 11.9 Å². The molecular formula is C6H9NO4. The summed E-state index contributed by atoms with van der Waals surface area (Å²) in [5.74, 6) is -1.97. The largest absolute Gasteiger partial charge is 0.481 e. The quantitative estimate of drug-likeness (QED) is 0.513. The zero-order valence-electron chi connectivity index (χ0n) is 5.82. The van der Waals surface area contributed by atoms with Gasteiger partial charge in [0.2, 0.25) is 0 Å². The lowest BCUT2D eigenvalue weighted by molar-refractivity contribution is -0.146. The summed E-state index contributed by atoms with van der Waals surface area (Å²) in [5.41, 5.74) is 4.95. The van der Waals surface area contributed by atoms with Crippen LogP contribution < -0.4 is 5.73 Å². The summed E-state index contributed by atoms with van der Waals surface area (Å²) >= 11 is 0. The Kier molecular flexibility index (Phi) is 2.09. The van der Waals surface area contributed by atoms with Gasteiger partial charge in [-0.3, -0.25) is 9.59 Å². The number of carboxylic acid groups (broad SMARTS) is 1. The predicted octanol–water partition coefficient (Wildman–Crippen LogP) is -1.04. The summed E-state index contributed by atoms with van der Waals surface area (Å²) in [6.07, 6.45) is -0.0234. The third-order valence-electron chi connectivity index (χ3n) is 1.50. The van der Waals surface area contributed by atoms with Gasteiger partial charge in [0.1, 0.15) is 6.10 Å². The predicted molar refractivity (Wildman–Crippen MR) is 34.7 cm³/mol. The highest BCUT2D eigenvalue weighted by Gasteiger charge is 2.46. The van der Waals surface area contributed by atoms with Crippen LogP contribution in [0.15, 0.2) is 0 Å². The summed E-state index contributed by atoms with van der Waals surface area (Å²) in [6.45, 7) is -0.192. The number of carbonyl (C=O) groups excluding carboxylic acids is 1. The van der Waals surface area contributed by atoms with Gasteiger partial charge in [-0.25, -0.2) is 0 Å². The van der Waals surface area contributed by atoms with Crippen LogP contribution in [0.2, 0.25) is 0 Å². The van der Waals surface area contributed by atoms with Crippen LogP contribution in [0.5, 0.6) is 0 Å². The van der Waals surface area contributed by atoms with Crippen molar-refractivity contribution in [3.63, 3.8) is 0 Å². The molecule has 1 saturated carbocycles. The van der Waals surface area contributed by atoms with E-state index in [0.29, 0.717) is 6.42 Å². The van der Waals surface area contributed by atoms with Crippen molar-refractivity contribution in [1.29, 1.82) is 0 Å². The highest BCUT2D eigenvalue weighted by atomic mass is 16.6. The Hall–Kier alpha value is -1.10.